The van der Waals surface area contributed by atoms with E-state index in [1.165, 1.54) is 12.1 Å². The molecular weight excluding hydrogens is 229 g/mol. The molecule has 0 radical (unpaired) electrons. The van der Waals surface area contributed by atoms with E-state index in [1.807, 2.05) is 28.8 Å². The molecular formula is C14H12FN3. The van der Waals surface area contributed by atoms with E-state index in [2.05, 4.69) is 4.98 Å². The highest BCUT2D eigenvalue weighted by atomic mass is 19.1. The fourth-order valence-corrected chi connectivity index (χ4v) is 2.05. The van der Waals surface area contributed by atoms with Crippen molar-refractivity contribution in [1.82, 2.24) is 9.38 Å². The summed E-state index contributed by atoms with van der Waals surface area (Å²) in [4.78, 5) is 4.52. The molecule has 0 saturated carbocycles. The smallest absolute Gasteiger partial charge is 0.144 e. The summed E-state index contributed by atoms with van der Waals surface area (Å²) < 4.78 is 14.9. The molecule has 0 bridgehead atoms. The molecule has 4 heteroatoms. The second-order valence-corrected chi connectivity index (χ2v) is 4.05. The SMILES string of the molecule is NCc1nc(-c2ccc(F)cc2)n2ccccc12. The first kappa shape index (κ1) is 10.9. The summed E-state index contributed by atoms with van der Waals surface area (Å²) in [6.45, 7) is 0.384. The van der Waals surface area contributed by atoms with E-state index in [1.54, 1.807) is 12.1 Å². The topological polar surface area (TPSA) is 43.3 Å². The normalized spacial score (nSPS) is 11.0. The molecule has 3 nitrogen and oxygen atoms in total. The predicted molar refractivity (Wildman–Crippen MR) is 68.5 cm³/mol. The van der Waals surface area contributed by atoms with Crippen LogP contribution in [0.2, 0.25) is 0 Å². The van der Waals surface area contributed by atoms with Crippen molar-refractivity contribution >= 4 is 5.52 Å². The first-order valence-corrected chi connectivity index (χ1v) is 5.71. The zero-order valence-electron chi connectivity index (χ0n) is 9.68. The van der Waals surface area contributed by atoms with Gasteiger partial charge in [0.05, 0.1) is 11.2 Å². The highest BCUT2D eigenvalue weighted by molar-refractivity contribution is 5.65. The van der Waals surface area contributed by atoms with E-state index in [-0.39, 0.29) is 5.82 Å². The largest absolute Gasteiger partial charge is 0.325 e. The first-order valence-electron chi connectivity index (χ1n) is 5.71. The van der Waals surface area contributed by atoms with E-state index < -0.39 is 0 Å². The number of halogens is 1. The number of hydrogen-bond acceptors (Lipinski definition) is 2. The maximum atomic E-state index is 12.9. The van der Waals surface area contributed by atoms with Gasteiger partial charge in [0.15, 0.2) is 0 Å². The summed E-state index contributed by atoms with van der Waals surface area (Å²) in [6.07, 6.45) is 1.93. The Morgan fingerprint density at radius 3 is 2.61 bits per heavy atom. The molecule has 3 aromatic rings. The van der Waals surface area contributed by atoms with Crippen LogP contribution in [0.1, 0.15) is 5.69 Å². The van der Waals surface area contributed by atoms with Crippen LogP contribution in [0.3, 0.4) is 0 Å². The minimum absolute atomic E-state index is 0.251. The Hall–Kier alpha value is -2.20. The number of nitrogens with zero attached hydrogens (tertiary/aromatic N) is 2. The third-order valence-electron chi connectivity index (χ3n) is 2.92. The van der Waals surface area contributed by atoms with Crippen LogP contribution in [0.15, 0.2) is 48.7 Å². The van der Waals surface area contributed by atoms with Crippen molar-refractivity contribution in [1.29, 1.82) is 0 Å². The molecule has 18 heavy (non-hydrogen) atoms. The molecule has 0 spiro atoms. The van der Waals surface area contributed by atoms with E-state index in [0.29, 0.717) is 6.54 Å². The third-order valence-corrected chi connectivity index (χ3v) is 2.92. The lowest BCUT2D eigenvalue weighted by molar-refractivity contribution is 0.628. The van der Waals surface area contributed by atoms with Gasteiger partial charge in [0.2, 0.25) is 0 Å². The lowest BCUT2D eigenvalue weighted by atomic mass is 10.2. The molecule has 0 aliphatic heterocycles. The molecule has 0 aliphatic carbocycles. The van der Waals surface area contributed by atoms with Gasteiger partial charge in [-0.15, -0.1) is 0 Å². The molecule has 0 aliphatic rings. The lowest BCUT2D eigenvalue weighted by Gasteiger charge is -2.00. The van der Waals surface area contributed by atoms with Gasteiger partial charge in [0, 0.05) is 18.3 Å². The van der Waals surface area contributed by atoms with Gasteiger partial charge < -0.3 is 5.73 Å². The van der Waals surface area contributed by atoms with Crippen LogP contribution < -0.4 is 5.73 Å². The Labute approximate surface area is 104 Å². The number of rotatable bonds is 2. The maximum Gasteiger partial charge on any atom is 0.144 e. The van der Waals surface area contributed by atoms with Crippen LogP contribution >= 0.6 is 0 Å². The average Bonchev–Trinajstić information content (AvgIpc) is 2.79. The monoisotopic (exact) mass is 241 g/mol. The van der Waals surface area contributed by atoms with Crippen LogP contribution in [0.4, 0.5) is 4.39 Å². The standard InChI is InChI=1S/C14H12FN3/c15-11-6-4-10(5-7-11)14-17-12(9-16)13-3-1-2-8-18(13)14/h1-8H,9,16H2. The van der Waals surface area contributed by atoms with Gasteiger partial charge in [-0.25, -0.2) is 9.37 Å². The molecule has 3 rings (SSSR count). The molecule has 0 atom stereocenters. The summed E-state index contributed by atoms with van der Waals surface area (Å²) in [7, 11) is 0. The second-order valence-electron chi connectivity index (χ2n) is 4.05. The van der Waals surface area contributed by atoms with Crippen LogP contribution in [-0.2, 0) is 6.54 Å². The lowest BCUT2D eigenvalue weighted by Crippen LogP contribution is -1.96. The van der Waals surface area contributed by atoms with E-state index in [0.717, 1.165) is 22.6 Å². The van der Waals surface area contributed by atoms with Crippen molar-refractivity contribution in [2.45, 2.75) is 6.54 Å². The van der Waals surface area contributed by atoms with Crippen molar-refractivity contribution in [2.24, 2.45) is 5.73 Å². The summed E-state index contributed by atoms with van der Waals surface area (Å²) in [5.41, 5.74) is 8.40. The highest BCUT2D eigenvalue weighted by Gasteiger charge is 2.10. The van der Waals surface area contributed by atoms with Gasteiger partial charge in [-0.1, -0.05) is 6.07 Å². The van der Waals surface area contributed by atoms with Crippen molar-refractivity contribution < 1.29 is 4.39 Å². The Kier molecular flexibility index (Phi) is 2.57. The van der Waals surface area contributed by atoms with E-state index in [9.17, 15) is 4.39 Å². The number of nitrogens with two attached hydrogens (primary N) is 1. The van der Waals surface area contributed by atoms with Gasteiger partial charge >= 0.3 is 0 Å². The Morgan fingerprint density at radius 2 is 1.89 bits per heavy atom. The number of imidazole rings is 1. The number of hydrogen-bond donors (Lipinski definition) is 1. The molecule has 0 unspecified atom stereocenters. The quantitative estimate of drug-likeness (QED) is 0.749. The summed E-state index contributed by atoms with van der Waals surface area (Å²) in [5.74, 6) is 0.532. The summed E-state index contributed by atoms with van der Waals surface area (Å²) >= 11 is 0. The van der Waals surface area contributed by atoms with Crippen LogP contribution in [0.25, 0.3) is 16.9 Å². The zero-order valence-corrected chi connectivity index (χ0v) is 9.68. The Morgan fingerprint density at radius 1 is 1.11 bits per heavy atom. The number of benzene rings is 1. The zero-order chi connectivity index (χ0) is 12.5. The first-order chi connectivity index (χ1) is 8.79. The average molecular weight is 241 g/mol. The molecule has 2 aromatic heterocycles. The van der Waals surface area contributed by atoms with Crippen molar-refractivity contribution in [2.75, 3.05) is 0 Å². The van der Waals surface area contributed by atoms with Crippen molar-refractivity contribution in [3.05, 3.63) is 60.2 Å². The third kappa shape index (κ3) is 1.67. The Bertz CT molecular complexity index is 686. The van der Waals surface area contributed by atoms with Gasteiger partial charge in [-0.05, 0) is 36.4 Å². The van der Waals surface area contributed by atoms with Crippen LogP contribution in [0.5, 0.6) is 0 Å². The molecule has 2 N–H and O–H groups in total. The fourth-order valence-electron chi connectivity index (χ4n) is 2.05. The minimum Gasteiger partial charge on any atom is -0.325 e. The van der Waals surface area contributed by atoms with Crippen LogP contribution in [-0.4, -0.2) is 9.38 Å². The molecule has 1 aromatic carbocycles. The second kappa shape index (κ2) is 4.23. The maximum absolute atomic E-state index is 12.9. The van der Waals surface area contributed by atoms with Crippen molar-refractivity contribution in [3.63, 3.8) is 0 Å². The number of aromatic nitrogens is 2. The van der Waals surface area contributed by atoms with Gasteiger partial charge in [0.1, 0.15) is 11.6 Å². The van der Waals surface area contributed by atoms with E-state index >= 15 is 0 Å². The highest BCUT2D eigenvalue weighted by Crippen LogP contribution is 2.22. The molecule has 0 saturated heterocycles. The minimum atomic E-state index is -0.251. The summed E-state index contributed by atoms with van der Waals surface area (Å²) in [5, 5.41) is 0. The predicted octanol–water partition coefficient (Wildman–Crippen LogP) is 2.60. The Balaban J connectivity index is 2.26. The molecule has 0 fully saturated rings. The molecule has 90 valence electrons. The van der Waals surface area contributed by atoms with Crippen LogP contribution in [0, 0.1) is 5.82 Å². The van der Waals surface area contributed by atoms with Gasteiger partial charge in [-0.2, -0.15) is 0 Å². The number of fused-ring (bicyclic) bond motifs is 1. The van der Waals surface area contributed by atoms with Gasteiger partial charge in [0.25, 0.3) is 0 Å². The molecule has 0 amide bonds. The summed E-state index contributed by atoms with van der Waals surface area (Å²) in [6, 6.07) is 12.2. The van der Waals surface area contributed by atoms with Gasteiger partial charge in [-0.3, -0.25) is 4.40 Å². The molecule has 2 heterocycles. The van der Waals surface area contributed by atoms with Crippen molar-refractivity contribution in [3.8, 4) is 11.4 Å². The number of pyridine rings is 1. The van der Waals surface area contributed by atoms with E-state index in [4.69, 9.17) is 5.73 Å². The fraction of sp³-hybridized carbons (Fsp3) is 0.0714.